The normalized spacial score (nSPS) is 12.5. The quantitative estimate of drug-likeness (QED) is 0.206. The van der Waals surface area contributed by atoms with Crippen LogP contribution in [0.25, 0.3) is 0 Å². The van der Waals surface area contributed by atoms with E-state index in [9.17, 15) is 4.79 Å². The minimum atomic E-state index is -0.390. The largest absolute Gasteiger partial charge is 0.465 e. The third-order valence-corrected chi connectivity index (χ3v) is 4.50. The van der Waals surface area contributed by atoms with Gasteiger partial charge in [-0.1, -0.05) is 13.8 Å². The van der Waals surface area contributed by atoms with Gasteiger partial charge in [-0.2, -0.15) is 0 Å². The Labute approximate surface area is 186 Å². The number of nitrogens with one attached hydrogen (secondary N) is 2. The number of hydrogen-bond donors (Lipinski definition) is 2. The van der Waals surface area contributed by atoms with Crippen LogP contribution in [0.2, 0.25) is 0 Å². The molecule has 28 heavy (non-hydrogen) atoms. The van der Waals surface area contributed by atoms with Crippen LogP contribution in [0, 0.1) is 6.92 Å². The molecule has 8 heteroatoms. The fourth-order valence-corrected chi connectivity index (χ4v) is 2.88. The monoisotopic (exact) mass is 508 g/mol. The van der Waals surface area contributed by atoms with Gasteiger partial charge in [-0.25, -0.2) is 9.79 Å². The van der Waals surface area contributed by atoms with Gasteiger partial charge in [0.05, 0.1) is 7.11 Å². The van der Waals surface area contributed by atoms with Crippen LogP contribution in [0.1, 0.15) is 62.4 Å². The number of aryl methyl sites for hydroxylation is 1. The number of carbonyl (C=O) groups is 1. The van der Waals surface area contributed by atoms with E-state index < -0.39 is 5.97 Å². The highest BCUT2D eigenvalue weighted by atomic mass is 127. The second-order valence-electron chi connectivity index (χ2n) is 6.58. The maximum atomic E-state index is 11.7. The van der Waals surface area contributed by atoms with Crippen LogP contribution in [0.5, 0.6) is 0 Å². The van der Waals surface area contributed by atoms with Gasteiger partial charge in [-0.15, -0.1) is 24.0 Å². The van der Waals surface area contributed by atoms with Gasteiger partial charge in [0.25, 0.3) is 0 Å². The molecular formula is C20H37IN4O3. The molecule has 0 spiro atoms. The SMILES string of the molecule is CCNC(=NCc1cc(C(=O)OC)c(C)o1)NC(C)CCCN(CC)CC.I. The van der Waals surface area contributed by atoms with Crippen LogP contribution in [0.4, 0.5) is 0 Å². The molecule has 0 aliphatic carbocycles. The van der Waals surface area contributed by atoms with Crippen LogP contribution in [-0.2, 0) is 11.3 Å². The molecule has 0 saturated heterocycles. The number of halogens is 1. The lowest BCUT2D eigenvalue weighted by Crippen LogP contribution is -2.42. The maximum Gasteiger partial charge on any atom is 0.341 e. The van der Waals surface area contributed by atoms with Gasteiger partial charge in [0.15, 0.2) is 5.96 Å². The summed E-state index contributed by atoms with van der Waals surface area (Å²) in [6.45, 7) is 14.8. The van der Waals surface area contributed by atoms with E-state index in [0.717, 1.165) is 45.0 Å². The van der Waals surface area contributed by atoms with Crippen molar-refractivity contribution >= 4 is 35.9 Å². The first-order chi connectivity index (χ1) is 12.9. The molecule has 7 nitrogen and oxygen atoms in total. The van der Waals surface area contributed by atoms with E-state index in [1.54, 1.807) is 13.0 Å². The average molecular weight is 508 g/mol. The number of guanidine groups is 1. The van der Waals surface area contributed by atoms with Gasteiger partial charge in [-0.3, -0.25) is 0 Å². The van der Waals surface area contributed by atoms with Gasteiger partial charge in [0.2, 0.25) is 0 Å². The topological polar surface area (TPSA) is 79.1 Å². The molecule has 1 unspecified atom stereocenters. The van der Waals surface area contributed by atoms with Gasteiger partial charge in [0.1, 0.15) is 23.6 Å². The Morgan fingerprint density at radius 3 is 2.57 bits per heavy atom. The summed E-state index contributed by atoms with van der Waals surface area (Å²) in [6.07, 6.45) is 2.22. The number of aliphatic imine (C=N–C) groups is 1. The minimum absolute atomic E-state index is 0. The number of ether oxygens (including phenoxy) is 1. The van der Waals surface area contributed by atoms with E-state index in [1.807, 2.05) is 6.92 Å². The summed E-state index contributed by atoms with van der Waals surface area (Å²) in [5, 5.41) is 6.70. The van der Waals surface area contributed by atoms with Crippen LogP contribution < -0.4 is 10.6 Å². The number of furan rings is 1. The summed E-state index contributed by atoms with van der Waals surface area (Å²) in [7, 11) is 1.36. The number of nitrogens with zero attached hydrogens (tertiary/aromatic N) is 2. The van der Waals surface area contributed by atoms with Crippen molar-refractivity contribution in [2.24, 2.45) is 4.99 Å². The van der Waals surface area contributed by atoms with E-state index in [4.69, 9.17) is 9.15 Å². The fraction of sp³-hybridized carbons (Fsp3) is 0.700. The zero-order chi connectivity index (χ0) is 20.2. The highest BCUT2D eigenvalue weighted by Gasteiger charge is 2.15. The van der Waals surface area contributed by atoms with Gasteiger partial charge >= 0.3 is 5.97 Å². The summed E-state index contributed by atoms with van der Waals surface area (Å²) >= 11 is 0. The summed E-state index contributed by atoms with van der Waals surface area (Å²) in [4.78, 5) is 18.7. The molecule has 1 rings (SSSR count). The third kappa shape index (κ3) is 9.27. The van der Waals surface area contributed by atoms with Gasteiger partial charge < -0.3 is 24.7 Å². The lowest BCUT2D eigenvalue weighted by atomic mass is 10.2. The van der Waals surface area contributed by atoms with Crippen LogP contribution in [-0.4, -0.2) is 56.2 Å². The van der Waals surface area contributed by atoms with E-state index in [2.05, 4.69) is 41.3 Å². The lowest BCUT2D eigenvalue weighted by molar-refractivity contribution is 0.0599. The number of carbonyl (C=O) groups excluding carboxylic acids is 1. The zero-order valence-electron chi connectivity index (χ0n) is 18.1. The molecule has 0 radical (unpaired) electrons. The molecule has 1 atom stereocenters. The number of hydrogen-bond acceptors (Lipinski definition) is 5. The Bertz CT molecular complexity index is 600. The van der Waals surface area contributed by atoms with E-state index in [1.165, 1.54) is 7.11 Å². The van der Waals surface area contributed by atoms with Crippen molar-refractivity contribution in [1.29, 1.82) is 0 Å². The predicted octanol–water partition coefficient (Wildman–Crippen LogP) is 3.56. The lowest BCUT2D eigenvalue weighted by Gasteiger charge is -2.21. The Kier molecular flexibility index (Phi) is 14.0. The standard InChI is InChI=1S/C20H36N4O3.HI/c1-7-21-20(23-15(4)11-10-12-24(8-2)9-3)22-14-17-13-18(16(5)27-17)19(25)26-6;/h13,15H,7-12,14H2,1-6H3,(H2,21,22,23);1H. The molecule has 0 fully saturated rings. The molecule has 1 heterocycles. The van der Waals surface area contributed by atoms with E-state index >= 15 is 0 Å². The number of rotatable bonds is 11. The number of methoxy groups -OCH3 is 1. The molecule has 1 aromatic rings. The Balaban J connectivity index is 0.00000729. The first kappa shape index (κ1) is 26.7. The van der Waals surface area contributed by atoms with E-state index in [-0.39, 0.29) is 24.0 Å². The molecule has 1 aromatic heterocycles. The van der Waals surface area contributed by atoms with Crippen molar-refractivity contribution in [1.82, 2.24) is 15.5 Å². The Hall–Kier alpha value is -1.29. The molecular weight excluding hydrogens is 471 g/mol. The first-order valence-corrected chi connectivity index (χ1v) is 9.89. The second kappa shape index (κ2) is 14.7. The fourth-order valence-electron chi connectivity index (χ4n) is 2.88. The summed E-state index contributed by atoms with van der Waals surface area (Å²) in [6, 6.07) is 2.02. The Morgan fingerprint density at radius 1 is 1.32 bits per heavy atom. The average Bonchev–Trinajstić information content (AvgIpc) is 3.03. The summed E-state index contributed by atoms with van der Waals surface area (Å²) < 4.78 is 10.4. The molecule has 0 amide bonds. The Morgan fingerprint density at radius 2 is 2.00 bits per heavy atom. The van der Waals surface area contributed by atoms with Crippen molar-refractivity contribution in [2.45, 2.75) is 60.0 Å². The van der Waals surface area contributed by atoms with E-state index in [0.29, 0.717) is 29.7 Å². The van der Waals surface area contributed by atoms with Crippen molar-refractivity contribution in [3.05, 3.63) is 23.2 Å². The van der Waals surface area contributed by atoms with Gasteiger partial charge in [0, 0.05) is 12.6 Å². The van der Waals surface area contributed by atoms with Crippen molar-refractivity contribution in [3.63, 3.8) is 0 Å². The molecule has 162 valence electrons. The van der Waals surface area contributed by atoms with Crippen molar-refractivity contribution < 1.29 is 13.9 Å². The summed E-state index contributed by atoms with van der Waals surface area (Å²) in [5.74, 6) is 1.55. The molecule has 0 saturated carbocycles. The molecule has 0 aromatic carbocycles. The van der Waals surface area contributed by atoms with Crippen LogP contribution in [0.3, 0.4) is 0 Å². The molecule has 0 aliphatic rings. The first-order valence-electron chi connectivity index (χ1n) is 9.89. The van der Waals surface area contributed by atoms with Gasteiger partial charge in [-0.05, 0) is 59.3 Å². The maximum absolute atomic E-state index is 11.7. The zero-order valence-corrected chi connectivity index (χ0v) is 20.5. The highest BCUT2D eigenvalue weighted by molar-refractivity contribution is 14.0. The molecule has 2 N–H and O–H groups in total. The molecule has 0 aliphatic heterocycles. The summed E-state index contributed by atoms with van der Waals surface area (Å²) in [5.41, 5.74) is 0.449. The minimum Gasteiger partial charge on any atom is -0.465 e. The second-order valence-corrected chi connectivity index (χ2v) is 6.58. The third-order valence-electron chi connectivity index (χ3n) is 4.50. The molecule has 0 bridgehead atoms. The highest BCUT2D eigenvalue weighted by Crippen LogP contribution is 2.16. The smallest absolute Gasteiger partial charge is 0.341 e. The predicted molar refractivity (Wildman–Crippen MR) is 125 cm³/mol. The van der Waals surface area contributed by atoms with Crippen LogP contribution >= 0.6 is 24.0 Å². The van der Waals surface area contributed by atoms with Crippen molar-refractivity contribution in [3.8, 4) is 0 Å². The van der Waals surface area contributed by atoms with Crippen molar-refractivity contribution in [2.75, 3.05) is 33.3 Å². The van der Waals surface area contributed by atoms with Crippen LogP contribution in [0.15, 0.2) is 15.5 Å². The number of esters is 1.